The predicted octanol–water partition coefficient (Wildman–Crippen LogP) is 3.70. The molecule has 0 atom stereocenters. The molecule has 3 heterocycles. The maximum atomic E-state index is 14.7. The Kier molecular flexibility index (Phi) is 5.77. The van der Waals surface area contributed by atoms with Gasteiger partial charge < -0.3 is 19.8 Å². The molecule has 0 saturated carbocycles. The van der Waals surface area contributed by atoms with Crippen molar-refractivity contribution < 1.29 is 18.8 Å². The fraction of sp³-hybridized carbons (Fsp3) is 0.273. The second-order valence-corrected chi connectivity index (χ2v) is 7.38. The number of pyridine rings is 1. The molecular weight excluding hydrogens is 401 g/mol. The van der Waals surface area contributed by atoms with E-state index in [0.29, 0.717) is 25.1 Å². The SMILES string of the molecule is Cc1ccc(NC(=O)N2CC=C(c3ncc(-c4nc(CO)no4)cc3F)CC2)cc1C. The molecule has 1 aliphatic rings. The van der Waals surface area contributed by atoms with Gasteiger partial charge in [0.1, 0.15) is 18.1 Å². The number of carbonyl (C=O) groups excluding carboxylic acids is 1. The molecule has 2 aromatic heterocycles. The second-order valence-electron chi connectivity index (χ2n) is 7.38. The smallest absolute Gasteiger partial charge is 0.322 e. The molecule has 1 aromatic carbocycles. The van der Waals surface area contributed by atoms with E-state index in [9.17, 15) is 9.18 Å². The number of carbonyl (C=O) groups is 1. The van der Waals surface area contributed by atoms with Gasteiger partial charge in [0.25, 0.3) is 5.89 Å². The number of benzene rings is 1. The lowest BCUT2D eigenvalue weighted by Gasteiger charge is -2.26. The summed E-state index contributed by atoms with van der Waals surface area (Å²) in [6.07, 6.45) is 3.75. The predicted molar refractivity (Wildman–Crippen MR) is 113 cm³/mol. The van der Waals surface area contributed by atoms with Crippen LogP contribution in [0.15, 0.2) is 41.1 Å². The molecule has 8 nitrogen and oxygen atoms in total. The molecule has 0 unspecified atom stereocenters. The van der Waals surface area contributed by atoms with E-state index in [-0.39, 0.29) is 30.0 Å². The van der Waals surface area contributed by atoms with Gasteiger partial charge in [-0.1, -0.05) is 17.3 Å². The Morgan fingerprint density at radius 1 is 1.29 bits per heavy atom. The molecule has 4 rings (SSSR count). The first-order valence-electron chi connectivity index (χ1n) is 9.86. The summed E-state index contributed by atoms with van der Waals surface area (Å²) in [7, 11) is 0. The fourth-order valence-electron chi connectivity index (χ4n) is 3.32. The molecule has 2 amide bonds. The molecule has 2 N–H and O–H groups in total. The Morgan fingerprint density at radius 2 is 2.13 bits per heavy atom. The molecule has 0 spiro atoms. The van der Waals surface area contributed by atoms with Gasteiger partial charge >= 0.3 is 6.03 Å². The number of hydrogen-bond donors (Lipinski definition) is 2. The Balaban J connectivity index is 1.43. The van der Waals surface area contributed by atoms with Gasteiger partial charge in [0.2, 0.25) is 0 Å². The summed E-state index contributed by atoms with van der Waals surface area (Å²) < 4.78 is 19.7. The Morgan fingerprint density at radius 3 is 2.77 bits per heavy atom. The number of aromatic nitrogens is 3. The summed E-state index contributed by atoms with van der Waals surface area (Å²) in [5.74, 6) is -0.303. The molecule has 31 heavy (non-hydrogen) atoms. The maximum Gasteiger partial charge on any atom is 0.322 e. The first kappa shape index (κ1) is 20.7. The van der Waals surface area contributed by atoms with Gasteiger partial charge in [-0.15, -0.1) is 0 Å². The average molecular weight is 423 g/mol. The third-order valence-electron chi connectivity index (χ3n) is 5.26. The van der Waals surface area contributed by atoms with Crippen LogP contribution in [0.2, 0.25) is 0 Å². The quantitative estimate of drug-likeness (QED) is 0.663. The summed E-state index contributed by atoms with van der Waals surface area (Å²) in [6.45, 7) is 4.47. The van der Waals surface area contributed by atoms with E-state index in [0.717, 1.165) is 22.4 Å². The third kappa shape index (κ3) is 4.46. The molecule has 0 fully saturated rings. The van der Waals surface area contributed by atoms with Crippen LogP contribution < -0.4 is 5.32 Å². The van der Waals surface area contributed by atoms with Crippen molar-refractivity contribution in [3.8, 4) is 11.5 Å². The number of aryl methyl sites for hydroxylation is 2. The van der Waals surface area contributed by atoms with Crippen molar-refractivity contribution >= 4 is 17.3 Å². The number of aliphatic hydroxyl groups is 1. The van der Waals surface area contributed by atoms with Crippen LogP contribution in [-0.4, -0.2) is 44.3 Å². The second kappa shape index (κ2) is 8.65. The van der Waals surface area contributed by atoms with Crippen LogP contribution in [0, 0.1) is 19.7 Å². The molecule has 0 radical (unpaired) electrons. The van der Waals surface area contributed by atoms with Gasteiger partial charge in [-0.2, -0.15) is 4.98 Å². The average Bonchev–Trinajstić information content (AvgIpc) is 3.26. The van der Waals surface area contributed by atoms with E-state index in [2.05, 4.69) is 20.4 Å². The van der Waals surface area contributed by atoms with E-state index in [4.69, 9.17) is 9.63 Å². The summed E-state index contributed by atoms with van der Waals surface area (Å²) in [5.41, 5.74) is 4.32. The van der Waals surface area contributed by atoms with Crippen molar-refractivity contribution in [2.45, 2.75) is 26.9 Å². The normalized spacial score (nSPS) is 13.8. The Labute approximate surface area is 178 Å². The summed E-state index contributed by atoms with van der Waals surface area (Å²) in [6, 6.07) is 6.86. The fourth-order valence-corrected chi connectivity index (χ4v) is 3.32. The zero-order chi connectivity index (χ0) is 22.0. The van der Waals surface area contributed by atoms with Gasteiger partial charge in [0, 0.05) is 25.0 Å². The van der Waals surface area contributed by atoms with E-state index >= 15 is 0 Å². The van der Waals surface area contributed by atoms with Gasteiger partial charge in [0.05, 0.1) is 5.56 Å². The van der Waals surface area contributed by atoms with Crippen molar-refractivity contribution in [1.82, 2.24) is 20.0 Å². The number of amides is 2. The van der Waals surface area contributed by atoms with E-state index in [1.54, 1.807) is 4.90 Å². The molecule has 0 bridgehead atoms. The highest BCUT2D eigenvalue weighted by atomic mass is 19.1. The topological polar surface area (TPSA) is 104 Å². The third-order valence-corrected chi connectivity index (χ3v) is 5.26. The van der Waals surface area contributed by atoms with Gasteiger partial charge in [-0.3, -0.25) is 4.98 Å². The van der Waals surface area contributed by atoms with Crippen molar-refractivity contribution in [2.75, 3.05) is 18.4 Å². The lowest BCUT2D eigenvalue weighted by atomic mass is 10.0. The minimum atomic E-state index is -0.513. The monoisotopic (exact) mass is 423 g/mol. The largest absolute Gasteiger partial charge is 0.388 e. The number of urea groups is 1. The Bertz CT molecular complexity index is 1160. The van der Waals surface area contributed by atoms with Crippen LogP contribution in [0.3, 0.4) is 0 Å². The number of rotatable bonds is 4. The van der Waals surface area contributed by atoms with Crippen molar-refractivity contribution in [3.63, 3.8) is 0 Å². The number of nitrogens with one attached hydrogen (secondary N) is 1. The minimum absolute atomic E-state index is 0.0915. The van der Waals surface area contributed by atoms with Crippen LogP contribution in [0.25, 0.3) is 17.0 Å². The zero-order valence-corrected chi connectivity index (χ0v) is 17.2. The van der Waals surface area contributed by atoms with Crippen molar-refractivity contribution in [3.05, 3.63) is 65.0 Å². The number of halogens is 1. The molecule has 1 aliphatic heterocycles. The number of hydrogen-bond acceptors (Lipinski definition) is 6. The van der Waals surface area contributed by atoms with Crippen LogP contribution in [0.1, 0.15) is 29.1 Å². The first-order chi connectivity index (χ1) is 14.9. The molecule has 0 aliphatic carbocycles. The molecular formula is C22H22FN5O3. The van der Waals surface area contributed by atoms with Crippen molar-refractivity contribution in [2.24, 2.45) is 0 Å². The highest BCUT2D eigenvalue weighted by molar-refractivity contribution is 5.90. The van der Waals surface area contributed by atoms with Crippen LogP contribution in [0.4, 0.5) is 14.9 Å². The van der Waals surface area contributed by atoms with Gasteiger partial charge in [-0.05, 0) is 55.2 Å². The zero-order valence-electron chi connectivity index (χ0n) is 17.2. The summed E-state index contributed by atoms with van der Waals surface area (Å²) in [5, 5.41) is 15.5. The minimum Gasteiger partial charge on any atom is -0.388 e. The van der Waals surface area contributed by atoms with Crippen LogP contribution >= 0.6 is 0 Å². The summed E-state index contributed by atoms with van der Waals surface area (Å²) >= 11 is 0. The number of aliphatic hydroxyl groups excluding tert-OH is 1. The number of anilines is 1. The maximum absolute atomic E-state index is 14.7. The van der Waals surface area contributed by atoms with Crippen LogP contribution in [-0.2, 0) is 6.61 Å². The summed E-state index contributed by atoms with van der Waals surface area (Å²) in [4.78, 5) is 22.4. The lowest BCUT2D eigenvalue weighted by molar-refractivity contribution is 0.217. The molecule has 160 valence electrons. The standard InChI is InChI=1S/C22H22FN5O3/c1-13-3-4-17(9-14(13)2)25-22(30)28-7-5-15(6-8-28)20-18(23)10-16(11-24-20)21-26-19(12-29)27-31-21/h3-5,9-11,29H,6-8,12H2,1-2H3,(H,25,30). The van der Waals surface area contributed by atoms with E-state index in [1.807, 2.05) is 38.1 Å². The molecule has 9 heteroatoms. The molecule has 0 saturated heterocycles. The van der Waals surface area contributed by atoms with Gasteiger partial charge in [-0.25, -0.2) is 9.18 Å². The van der Waals surface area contributed by atoms with Gasteiger partial charge in [0.15, 0.2) is 5.82 Å². The lowest BCUT2D eigenvalue weighted by Crippen LogP contribution is -2.38. The number of nitrogens with zero attached hydrogens (tertiary/aromatic N) is 4. The Hall–Kier alpha value is -3.59. The highest BCUT2D eigenvalue weighted by Crippen LogP contribution is 2.26. The highest BCUT2D eigenvalue weighted by Gasteiger charge is 2.21. The van der Waals surface area contributed by atoms with E-state index in [1.165, 1.54) is 12.3 Å². The van der Waals surface area contributed by atoms with Crippen molar-refractivity contribution in [1.29, 1.82) is 0 Å². The first-order valence-corrected chi connectivity index (χ1v) is 9.86. The molecule has 3 aromatic rings. The van der Waals surface area contributed by atoms with Crippen LogP contribution in [0.5, 0.6) is 0 Å². The van der Waals surface area contributed by atoms with E-state index < -0.39 is 5.82 Å².